The highest BCUT2D eigenvalue weighted by molar-refractivity contribution is 7.88. The van der Waals surface area contributed by atoms with Crippen LogP contribution in [-0.4, -0.2) is 67.7 Å². The van der Waals surface area contributed by atoms with Gasteiger partial charge in [0.2, 0.25) is 21.8 Å². The maximum atomic E-state index is 14.2. The van der Waals surface area contributed by atoms with E-state index >= 15 is 0 Å². The average molecular weight is 465 g/mol. The molecule has 0 amide bonds. The van der Waals surface area contributed by atoms with Crippen LogP contribution < -0.4 is 10.9 Å². The summed E-state index contributed by atoms with van der Waals surface area (Å²) in [6.45, 7) is 0.773. The van der Waals surface area contributed by atoms with E-state index in [1.165, 1.54) is 27.4 Å². The molecule has 1 aliphatic carbocycles. The topological polar surface area (TPSA) is 97.2 Å². The van der Waals surface area contributed by atoms with Crippen LogP contribution in [-0.2, 0) is 15.8 Å². The zero-order valence-corrected chi connectivity index (χ0v) is 19.4. The standard InChI is InChI=1S/C19H27B2F2N5O3S/c1-32(30,31)27-8-6-18(20,7-9-27)26-17-24-11-12-10-14(19(21,22)23)16(29)28(15(12)25-17)13-4-2-3-5-13/h10-11,13H,2-9,20-21H2,1H3,(H,24,25,26). The number of hydrogen-bond donors (Lipinski definition) is 1. The minimum Gasteiger partial charge on any atom is -0.356 e. The highest BCUT2D eigenvalue weighted by Crippen LogP contribution is 2.33. The van der Waals surface area contributed by atoms with E-state index in [4.69, 9.17) is 0 Å². The summed E-state index contributed by atoms with van der Waals surface area (Å²) in [5.74, 6) is -2.96. The molecule has 0 unspecified atom stereocenters. The van der Waals surface area contributed by atoms with E-state index < -0.39 is 32.4 Å². The number of alkyl halides is 2. The summed E-state index contributed by atoms with van der Waals surface area (Å²) in [7, 11) is -0.530. The van der Waals surface area contributed by atoms with Gasteiger partial charge in [0.25, 0.3) is 5.56 Å². The fraction of sp³-hybridized carbons (Fsp3) is 0.632. The molecule has 2 aromatic heterocycles. The van der Waals surface area contributed by atoms with E-state index in [1.807, 2.05) is 7.85 Å². The molecule has 32 heavy (non-hydrogen) atoms. The van der Waals surface area contributed by atoms with Crippen LogP contribution in [0.4, 0.5) is 14.7 Å². The Morgan fingerprint density at radius 3 is 2.44 bits per heavy atom. The summed E-state index contributed by atoms with van der Waals surface area (Å²) in [6, 6.07) is 1.03. The summed E-state index contributed by atoms with van der Waals surface area (Å²) in [5, 5.41) is 3.69. The molecule has 0 aromatic carbocycles. The first-order valence-electron chi connectivity index (χ1n) is 10.9. The predicted molar refractivity (Wildman–Crippen MR) is 124 cm³/mol. The molecular formula is C19H27B2F2N5O3S. The molecule has 0 bridgehead atoms. The van der Waals surface area contributed by atoms with Crippen LogP contribution in [0.1, 0.15) is 50.1 Å². The lowest BCUT2D eigenvalue weighted by molar-refractivity contribution is 0.0919. The van der Waals surface area contributed by atoms with Gasteiger partial charge in [-0.3, -0.25) is 9.36 Å². The maximum absolute atomic E-state index is 14.2. The number of nitrogens with one attached hydrogen (secondary N) is 1. The number of piperidine rings is 1. The zero-order valence-electron chi connectivity index (χ0n) is 18.6. The Labute approximate surface area is 187 Å². The third-order valence-corrected chi connectivity index (χ3v) is 7.95. The van der Waals surface area contributed by atoms with Crippen molar-refractivity contribution < 1.29 is 17.2 Å². The molecule has 1 saturated heterocycles. The summed E-state index contributed by atoms with van der Waals surface area (Å²) in [6.07, 6.45) is 7.19. The Morgan fingerprint density at radius 1 is 1.25 bits per heavy atom. The Balaban J connectivity index is 1.71. The van der Waals surface area contributed by atoms with E-state index in [2.05, 4.69) is 15.3 Å². The number of halogens is 2. The van der Waals surface area contributed by atoms with E-state index in [9.17, 15) is 22.0 Å². The summed E-state index contributed by atoms with van der Waals surface area (Å²) in [5.41, 5.74) is -1.32. The lowest BCUT2D eigenvalue weighted by Crippen LogP contribution is -2.51. The van der Waals surface area contributed by atoms with Gasteiger partial charge in [0.15, 0.2) is 7.85 Å². The number of sulfonamides is 1. The van der Waals surface area contributed by atoms with Crippen LogP contribution in [0.15, 0.2) is 17.1 Å². The van der Waals surface area contributed by atoms with Gasteiger partial charge in [0.1, 0.15) is 13.5 Å². The van der Waals surface area contributed by atoms with Gasteiger partial charge in [0.05, 0.1) is 11.8 Å². The number of rotatable bonds is 5. The van der Waals surface area contributed by atoms with Crippen LogP contribution in [0.5, 0.6) is 0 Å². The number of hydrogen-bond acceptors (Lipinski definition) is 6. The van der Waals surface area contributed by atoms with Crippen molar-refractivity contribution in [1.29, 1.82) is 0 Å². The van der Waals surface area contributed by atoms with Crippen molar-refractivity contribution in [3.05, 3.63) is 28.2 Å². The maximum Gasteiger partial charge on any atom is 0.260 e. The molecule has 172 valence electrons. The highest BCUT2D eigenvalue weighted by Gasteiger charge is 2.35. The smallest absolute Gasteiger partial charge is 0.260 e. The van der Waals surface area contributed by atoms with Crippen LogP contribution in [0, 0.1) is 0 Å². The molecule has 1 saturated carbocycles. The lowest BCUT2D eigenvalue weighted by atomic mass is 9.71. The quantitative estimate of drug-likeness (QED) is 0.642. The fourth-order valence-electron chi connectivity index (χ4n) is 4.70. The number of pyridine rings is 1. The number of fused-ring (bicyclic) bond motifs is 1. The normalized spacial score (nSPS) is 20.6. The van der Waals surface area contributed by atoms with Gasteiger partial charge in [-0.15, -0.1) is 0 Å². The monoisotopic (exact) mass is 465 g/mol. The SMILES string of the molecule is BC1(Nc2ncc3cc(C(B)(F)F)c(=O)n(C4CCCC4)c3n2)CCN(S(C)(=O)=O)CC1. The van der Waals surface area contributed by atoms with Gasteiger partial charge < -0.3 is 5.32 Å². The van der Waals surface area contributed by atoms with Crippen molar-refractivity contribution in [2.24, 2.45) is 0 Å². The van der Waals surface area contributed by atoms with E-state index in [1.54, 1.807) is 0 Å². The van der Waals surface area contributed by atoms with Crippen molar-refractivity contribution in [3.8, 4) is 0 Å². The first-order valence-corrected chi connectivity index (χ1v) is 12.8. The van der Waals surface area contributed by atoms with Crippen molar-refractivity contribution >= 4 is 42.7 Å². The minimum atomic E-state index is -3.26. The predicted octanol–water partition coefficient (Wildman–Crippen LogP) is 0.386. The van der Waals surface area contributed by atoms with Crippen molar-refractivity contribution in [1.82, 2.24) is 18.8 Å². The van der Waals surface area contributed by atoms with Crippen molar-refractivity contribution in [2.45, 2.75) is 55.8 Å². The Hall–Kier alpha value is -2.01. The number of nitrogens with zero attached hydrogens (tertiary/aromatic N) is 4. The Kier molecular flexibility index (Phi) is 5.85. The van der Waals surface area contributed by atoms with Crippen LogP contribution in [0.25, 0.3) is 11.0 Å². The van der Waals surface area contributed by atoms with Crippen LogP contribution in [0.3, 0.4) is 0 Å². The first-order chi connectivity index (χ1) is 14.9. The van der Waals surface area contributed by atoms with E-state index in [0.29, 0.717) is 42.9 Å². The molecule has 2 fully saturated rings. The fourth-order valence-corrected chi connectivity index (χ4v) is 5.55. The molecular weight excluding hydrogens is 438 g/mol. The summed E-state index contributed by atoms with van der Waals surface area (Å²) >= 11 is 0. The van der Waals surface area contributed by atoms with Gasteiger partial charge in [-0.05, 0) is 31.7 Å². The minimum absolute atomic E-state index is 0.163. The van der Waals surface area contributed by atoms with E-state index in [-0.39, 0.29) is 6.04 Å². The van der Waals surface area contributed by atoms with Gasteiger partial charge in [-0.2, -0.15) is 4.98 Å². The van der Waals surface area contributed by atoms with Gasteiger partial charge >= 0.3 is 0 Å². The Bertz CT molecular complexity index is 1190. The third-order valence-electron chi connectivity index (χ3n) is 6.64. The average Bonchev–Trinajstić information content (AvgIpc) is 3.20. The molecule has 1 N–H and O–H groups in total. The molecule has 3 heterocycles. The summed E-state index contributed by atoms with van der Waals surface area (Å²) < 4.78 is 54.8. The molecule has 0 atom stereocenters. The Morgan fingerprint density at radius 2 is 1.88 bits per heavy atom. The van der Waals surface area contributed by atoms with Crippen molar-refractivity contribution in [2.75, 3.05) is 24.7 Å². The van der Waals surface area contributed by atoms with Crippen molar-refractivity contribution in [3.63, 3.8) is 0 Å². The molecule has 2 aromatic rings. The lowest BCUT2D eigenvalue weighted by Gasteiger charge is -2.39. The van der Waals surface area contributed by atoms with Gasteiger partial charge in [0, 0.05) is 36.2 Å². The second kappa shape index (κ2) is 8.09. The molecule has 13 heteroatoms. The molecule has 0 radical (unpaired) electrons. The molecule has 1 aliphatic heterocycles. The third kappa shape index (κ3) is 4.54. The van der Waals surface area contributed by atoms with E-state index in [0.717, 1.165) is 33.5 Å². The second-order valence-electron chi connectivity index (χ2n) is 9.38. The van der Waals surface area contributed by atoms with Crippen LogP contribution >= 0.6 is 0 Å². The highest BCUT2D eigenvalue weighted by atomic mass is 32.2. The first kappa shape index (κ1) is 23.2. The van der Waals surface area contributed by atoms with Crippen LogP contribution in [0.2, 0.25) is 0 Å². The largest absolute Gasteiger partial charge is 0.356 e. The number of anilines is 1. The molecule has 8 nitrogen and oxygen atoms in total. The zero-order chi connectivity index (χ0) is 23.3. The molecule has 4 rings (SSSR count). The second-order valence-corrected chi connectivity index (χ2v) is 11.4. The molecule has 0 spiro atoms. The van der Waals surface area contributed by atoms with Gasteiger partial charge in [-0.1, -0.05) is 12.8 Å². The number of aromatic nitrogens is 3. The molecule has 2 aliphatic rings. The summed E-state index contributed by atoms with van der Waals surface area (Å²) in [4.78, 5) is 21.9. The van der Waals surface area contributed by atoms with Gasteiger partial charge in [-0.25, -0.2) is 26.5 Å².